The minimum Gasteiger partial charge on any atom is -0.385 e. The maximum Gasteiger partial charge on any atom is 0.129 e. The summed E-state index contributed by atoms with van der Waals surface area (Å²) in [6, 6.07) is 5.27. The van der Waals surface area contributed by atoms with Crippen LogP contribution >= 0.6 is 0 Å². The Labute approximate surface area is 110 Å². The van der Waals surface area contributed by atoms with Crippen LogP contribution in [0.1, 0.15) is 58.1 Å². The first kappa shape index (κ1) is 15.2. The third-order valence-corrected chi connectivity index (χ3v) is 3.36. The van der Waals surface area contributed by atoms with Gasteiger partial charge in [-0.15, -0.1) is 0 Å². The van der Waals surface area contributed by atoms with Crippen molar-refractivity contribution >= 4 is 0 Å². The van der Waals surface area contributed by atoms with Gasteiger partial charge in [-0.25, -0.2) is 4.39 Å². The van der Waals surface area contributed by atoms with Crippen LogP contribution in [0.3, 0.4) is 0 Å². The fourth-order valence-corrected chi connectivity index (χ4v) is 2.32. The minimum atomic E-state index is -0.888. The molecule has 0 aliphatic heterocycles. The molecule has 0 spiro atoms. The monoisotopic (exact) mass is 252 g/mol. The van der Waals surface area contributed by atoms with Gasteiger partial charge in [-0.05, 0) is 43.2 Å². The smallest absolute Gasteiger partial charge is 0.129 e. The highest BCUT2D eigenvalue weighted by Gasteiger charge is 2.38. The first-order valence-corrected chi connectivity index (χ1v) is 7.02. The molecule has 0 amide bonds. The molecule has 1 aliphatic rings. The van der Waals surface area contributed by atoms with Gasteiger partial charge in [-0.2, -0.15) is 0 Å². The summed E-state index contributed by atoms with van der Waals surface area (Å²) < 4.78 is 13.9. The van der Waals surface area contributed by atoms with Gasteiger partial charge in [0, 0.05) is 5.56 Å². The molecule has 1 nitrogen and oxygen atoms in total. The van der Waals surface area contributed by atoms with E-state index < -0.39 is 5.60 Å². The highest BCUT2D eigenvalue weighted by molar-refractivity contribution is 5.30. The molecule has 0 saturated heterocycles. The molecule has 0 atom stereocenters. The Kier molecular flexibility index (Phi) is 5.33. The molecule has 0 radical (unpaired) electrons. The highest BCUT2D eigenvalue weighted by Crippen LogP contribution is 2.42. The standard InChI is InChI=1S/C14H19FO.C2H6/c1-10(2)8-11-4-5-12(13(15)9-11)14(16)6-3-7-14;1-2/h4-5,9-10,16H,3,6-8H2,1-2H3;1-2H3. The van der Waals surface area contributed by atoms with Gasteiger partial charge in [0.1, 0.15) is 5.82 Å². The second kappa shape index (κ2) is 6.33. The van der Waals surface area contributed by atoms with Crippen LogP contribution in [0.4, 0.5) is 4.39 Å². The van der Waals surface area contributed by atoms with Gasteiger partial charge < -0.3 is 5.11 Å². The minimum absolute atomic E-state index is 0.250. The van der Waals surface area contributed by atoms with Gasteiger partial charge in [-0.3, -0.25) is 0 Å². The molecule has 0 bridgehead atoms. The lowest BCUT2D eigenvalue weighted by Crippen LogP contribution is -2.34. The normalized spacial score (nSPS) is 16.8. The molecule has 1 aromatic carbocycles. The molecule has 1 saturated carbocycles. The van der Waals surface area contributed by atoms with Gasteiger partial charge in [0.25, 0.3) is 0 Å². The number of aliphatic hydroxyl groups is 1. The summed E-state index contributed by atoms with van der Waals surface area (Å²) in [6.45, 7) is 8.23. The lowest BCUT2D eigenvalue weighted by Gasteiger charge is -2.37. The van der Waals surface area contributed by atoms with Crippen molar-refractivity contribution in [2.75, 3.05) is 0 Å². The number of rotatable bonds is 3. The molecule has 1 aliphatic carbocycles. The summed E-state index contributed by atoms with van der Waals surface area (Å²) in [5, 5.41) is 10.1. The quantitative estimate of drug-likeness (QED) is 0.844. The lowest BCUT2D eigenvalue weighted by atomic mass is 9.74. The Balaban J connectivity index is 0.000000771. The molecule has 1 fully saturated rings. The van der Waals surface area contributed by atoms with Crippen LogP contribution in [0.15, 0.2) is 18.2 Å². The third kappa shape index (κ3) is 3.32. The summed E-state index contributed by atoms with van der Waals surface area (Å²) in [4.78, 5) is 0. The summed E-state index contributed by atoms with van der Waals surface area (Å²) in [7, 11) is 0. The van der Waals surface area contributed by atoms with Crippen molar-refractivity contribution in [3.63, 3.8) is 0 Å². The number of halogens is 1. The average molecular weight is 252 g/mol. The second-order valence-electron chi connectivity index (χ2n) is 5.30. The highest BCUT2D eigenvalue weighted by atomic mass is 19.1. The molecule has 18 heavy (non-hydrogen) atoms. The van der Waals surface area contributed by atoms with E-state index in [-0.39, 0.29) is 5.82 Å². The number of hydrogen-bond donors (Lipinski definition) is 1. The maximum atomic E-state index is 13.9. The predicted octanol–water partition coefficient (Wildman–Crippen LogP) is 4.42. The fourth-order valence-electron chi connectivity index (χ4n) is 2.32. The van der Waals surface area contributed by atoms with E-state index in [4.69, 9.17) is 0 Å². The van der Waals surface area contributed by atoms with E-state index in [0.29, 0.717) is 24.3 Å². The zero-order valence-corrected chi connectivity index (χ0v) is 12.0. The molecule has 2 heteroatoms. The van der Waals surface area contributed by atoms with Crippen LogP contribution < -0.4 is 0 Å². The molecule has 0 aromatic heterocycles. The summed E-state index contributed by atoms with van der Waals surface area (Å²) >= 11 is 0. The molecule has 2 rings (SSSR count). The van der Waals surface area contributed by atoms with Gasteiger partial charge in [0.15, 0.2) is 0 Å². The van der Waals surface area contributed by atoms with E-state index in [9.17, 15) is 9.50 Å². The first-order valence-electron chi connectivity index (χ1n) is 7.02. The Morgan fingerprint density at radius 1 is 1.28 bits per heavy atom. The van der Waals surface area contributed by atoms with Crippen LogP contribution in [0.5, 0.6) is 0 Å². The van der Waals surface area contributed by atoms with E-state index in [1.54, 1.807) is 12.1 Å². The van der Waals surface area contributed by atoms with Crippen LogP contribution in [0, 0.1) is 11.7 Å². The van der Waals surface area contributed by atoms with Gasteiger partial charge in [0.05, 0.1) is 5.60 Å². The Hall–Kier alpha value is -0.890. The van der Waals surface area contributed by atoms with Crippen molar-refractivity contribution in [2.45, 2.75) is 59.0 Å². The Morgan fingerprint density at radius 3 is 2.28 bits per heavy atom. The largest absolute Gasteiger partial charge is 0.385 e. The molecule has 0 heterocycles. The summed E-state index contributed by atoms with van der Waals surface area (Å²) in [5.74, 6) is 0.275. The Morgan fingerprint density at radius 2 is 1.89 bits per heavy atom. The van der Waals surface area contributed by atoms with Crippen molar-refractivity contribution in [3.05, 3.63) is 35.1 Å². The lowest BCUT2D eigenvalue weighted by molar-refractivity contribution is -0.0416. The SMILES string of the molecule is CC.CC(C)Cc1ccc(C2(O)CCC2)c(F)c1. The van der Waals surface area contributed by atoms with Crippen LogP contribution in [-0.4, -0.2) is 5.11 Å². The number of hydrogen-bond acceptors (Lipinski definition) is 1. The fraction of sp³-hybridized carbons (Fsp3) is 0.625. The molecular formula is C16H25FO. The van der Waals surface area contributed by atoms with Crippen LogP contribution in [-0.2, 0) is 12.0 Å². The van der Waals surface area contributed by atoms with Crippen molar-refractivity contribution in [2.24, 2.45) is 5.92 Å². The van der Waals surface area contributed by atoms with Crippen LogP contribution in [0.25, 0.3) is 0 Å². The van der Waals surface area contributed by atoms with Gasteiger partial charge >= 0.3 is 0 Å². The zero-order chi connectivity index (χ0) is 13.8. The molecule has 1 N–H and O–H groups in total. The molecule has 102 valence electrons. The van der Waals surface area contributed by atoms with Crippen molar-refractivity contribution < 1.29 is 9.50 Å². The second-order valence-corrected chi connectivity index (χ2v) is 5.30. The molecular weight excluding hydrogens is 227 g/mol. The first-order chi connectivity index (χ1) is 8.51. The van der Waals surface area contributed by atoms with Gasteiger partial charge in [0.2, 0.25) is 0 Å². The summed E-state index contributed by atoms with van der Waals surface area (Å²) in [5.41, 5.74) is 0.603. The topological polar surface area (TPSA) is 20.2 Å². The Bertz CT molecular complexity index is 381. The van der Waals surface area contributed by atoms with E-state index in [1.165, 1.54) is 0 Å². The van der Waals surface area contributed by atoms with Crippen molar-refractivity contribution in [1.82, 2.24) is 0 Å². The van der Waals surface area contributed by atoms with E-state index in [1.807, 2.05) is 19.9 Å². The maximum absolute atomic E-state index is 13.9. The van der Waals surface area contributed by atoms with E-state index >= 15 is 0 Å². The van der Waals surface area contributed by atoms with Gasteiger partial charge in [-0.1, -0.05) is 39.8 Å². The summed E-state index contributed by atoms with van der Waals surface area (Å²) in [6.07, 6.45) is 3.25. The average Bonchev–Trinajstić information content (AvgIpc) is 2.28. The van der Waals surface area contributed by atoms with Crippen molar-refractivity contribution in [1.29, 1.82) is 0 Å². The zero-order valence-electron chi connectivity index (χ0n) is 12.0. The van der Waals surface area contributed by atoms with Crippen molar-refractivity contribution in [3.8, 4) is 0 Å². The van der Waals surface area contributed by atoms with E-state index in [0.717, 1.165) is 18.4 Å². The predicted molar refractivity (Wildman–Crippen MR) is 74.0 cm³/mol. The van der Waals surface area contributed by atoms with Crippen LogP contribution in [0.2, 0.25) is 0 Å². The molecule has 1 aromatic rings. The third-order valence-electron chi connectivity index (χ3n) is 3.36. The number of benzene rings is 1. The van der Waals surface area contributed by atoms with E-state index in [2.05, 4.69) is 13.8 Å². The molecule has 0 unspecified atom stereocenters.